The third-order valence-corrected chi connectivity index (χ3v) is 11.7. The highest BCUT2D eigenvalue weighted by atomic mass is 79.9. The van der Waals surface area contributed by atoms with Gasteiger partial charge in [0.15, 0.2) is 0 Å². The second kappa shape index (κ2) is 13.0. The lowest BCUT2D eigenvalue weighted by Crippen LogP contribution is -2.09. The predicted molar refractivity (Wildman–Crippen MR) is 202 cm³/mol. The van der Waals surface area contributed by atoms with E-state index in [9.17, 15) is 0 Å². The van der Waals surface area contributed by atoms with Crippen molar-refractivity contribution in [3.05, 3.63) is 174 Å². The Hall–Kier alpha value is -5.40. The lowest BCUT2D eigenvalue weighted by molar-refractivity contribution is 0.118. The highest BCUT2D eigenvalue weighted by molar-refractivity contribution is 9.10. The van der Waals surface area contributed by atoms with E-state index in [0.29, 0.717) is 0 Å². The van der Waals surface area contributed by atoms with Crippen LogP contribution in [-0.2, 0) is 38.5 Å². The van der Waals surface area contributed by atoms with Crippen molar-refractivity contribution in [2.45, 2.75) is 38.5 Å². The number of hydrogen-bond donors (Lipinski definition) is 0. The summed E-state index contributed by atoms with van der Waals surface area (Å²) in [5.41, 5.74) is 14.6. The third kappa shape index (κ3) is 6.03. The number of benzene rings is 6. The van der Waals surface area contributed by atoms with E-state index in [1.165, 1.54) is 66.8 Å². The summed E-state index contributed by atoms with van der Waals surface area (Å²) in [6, 6.07) is 36.2. The lowest BCUT2D eigenvalue weighted by atomic mass is 9.94. The second-order valence-corrected chi connectivity index (χ2v) is 14.7. The van der Waals surface area contributed by atoms with E-state index in [2.05, 4.69) is 94.8 Å². The van der Waals surface area contributed by atoms with Gasteiger partial charge in [0.05, 0.1) is 4.47 Å². The first-order valence-electron chi connectivity index (χ1n) is 17.7. The van der Waals surface area contributed by atoms with Crippen molar-refractivity contribution < 1.29 is 28.4 Å². The van der Waals surface area contributed by atoms with Gasteiger partial charge in [-0.3, -0.25) is 0 Å². The molecule has 6 nitrogen and oxygen atoms in total. The molecule has 7 heteroatoms. The number of rotatable bonds is 0. The molecule has 6 aromatic carbocycles. The summed E-state index contributed by atoms with van der Waals surface area (Å²) in [6.45, 7) is 0.285. The van der Waals surface area contributed by atoms with E-state index >= 15 is 0 Å². The molecule has 12 heterocycles. The summed E-state index contributed by atoms with van der Waals surface area (Å²) in [5.74, 6) is 4.62. The molecule has 0 amide bonds. The molecule has 0 N–H and O–H groups in total. The quantitative estimate of drug-likeness (QED) is 0.154. The van der Waals surface area contributed by atoms with Crippen molar-refractivity contribution in [2.75, 3.05) is 20.4 Å². The zero-order valence-corrected chi connectivity index (χ0v) is 30.1. The van der Waals surface area contributed by atoms with Crippen LogP contribution in [0.2, 0.25) is 0 Å². The predicted octanol–water partition coefficient (Wildman–Crippen LogP) is 9.49. The largest absolute Gasteiger partial charge is 0.457 e. The smallest absolute Gasteiger partial charge is 0.230 e. The van der Waals surface area contributed by atoms with Gasteiger partial charge in [-0.05, 0) is 188 Å². The Morgan fingerprint density at radius 3 is 1.00 bits per heavy atom. The van der Waals surface area contributed by atoms with E-state index < -0.39 is 0 Å². The molecule has 2 aliphatic carbocycles. The molecule has 0 unspecified atom stereocenters. The van der Waals surface area contributed by atoms with Gasteiger partial charge in [0.1, 0.15) is 34.5 Å². The van der Waals surface area contributed by atoms with Crippen molar-refractivity contribution in [3.63, 3.8) is 0 Å². The Labute approximate surface area is 311 Å². The van der Waals surface area contributed by atoms with Gasteiger partial charge in [0.2, 0.25) is 20.4 Å². The summed E-state index contributed by atoms with van der Waals surface area (Å²) >= 11 is 3.96. The SMILES string of the molecule is Brc1c2ccc3c1Cc1ccc4cc1Cc1ccc(cc1C3)OCOc1ccc3c(c1)Cc1ccc(cc1Cc1ccc(cc1C3)OCO2)OCO4. The highest BCUT2D eigenvalue weighted by Gasteiger charge is 2.22. The van der Waals surface area contributed by atoms with Gasteiger partial charge in [-0.2, -0.15) is 0 Å². The molecule has 52 heavy (non-hydrogen) atoms. The molecule has 0 aromatic heterocycles. The number of hydrogen-bond acceptors (Lipinski definition) is 6. The van der Waals surface area contributed by atoms with Crippen LogP contribution in [0.3, 0.4) is 0 Å². The zero-order valence-electron chi connectivity index (χ0n) is 28.5. The molecule has 20 rings (SSSR count). The molecule has 6 aromatic rings. The van der Waals surface area contributed by atoms with Crippen LogP contribution in [0.25, 0.3) is 0 Å². The molecule has 0 saturated carbocycles. The maximum absolute atomic E-state index is 6.36. The van der Waals surface area contributed by atoms with Crippen LogP contribution in [0, 0.1) is 0 Å². The molecule has 258 valence electrons. The molecular weight excluding hydrogens is 716 g/mol. The fraction of sp³-hybridized carbons (Fsp3) is 0.200. The van der Waals surface area contributed by atoms with Crippen LogP contribution >= 0.6 is 15.9 Å². The Morgan fingerprint density at radius 2 is 0.615 bits per heavy atom. The van der Waals surface area contributed by atoms with Gasteiger partial charge >= 0.3 is 0 Å². The van der Waals surface area contributed by atoms with Crippen molar-refractivity contribution >= 4 is 15.9 Å². The zero-order chi connectivity index (χ0) is 34.6. The van der Waals surface area contributed by atoms with Crippen molar-refractivity contribution in [3.8, 4) is 34.5 Å². The fourth-order valence-electron chi connectivity index (χ4n) is 7.96. The number of halogens is 1. The summed E-state index contributed by atoms with van der Waals surface area (Å²) in [6.07, 6.45) is 4.51. The van der Waals surface area contributed by atoms with Gasteiger partial charge in [-0.25, -0.2) is 0 Å². The summed E-state index contributed by atoms with van der Waals surface area (Å²) in [7, 11) is 0. The van der Waals surface area contributed by atoms with Crippen LogP contribution in [0.15, 0.2) is 108 Å². The minimum Gasteiger partial charge on any atom is -0.457 e. The highest BCUT2D eigenvalue weighted by Crippen LogP contribution is 2.39. The monoisotopic (exact) mass is 750 g/mol. The Bertz CT molecular complexity index is 2350. The maximum Gasteiger partial charge on any atom is 0.230 e. The van der Waals surface area contributed by atoms with Crippen LogP contribution in [-0.4, -0.2) is 20.4 Å². The van der Waals surface area contributed by atoms with Crippen LogP contribution < -0.4 is 28.4 Å². The van der Waals surface area contributed by atoms with Gasteiger partial charge in [-0.15, -0.1) is 0 Å². The molecular formula is C45H35BrO6. The molecule has 18 bridgehead atoms. The van der Waals surface area contributed by atoms with E-state index in [1.807, 2.05) is 24.3 Å². The Kier molecular flexibility index (Phi) is 7.82. The van der Waals surface area contributed by atoms with Gasteiger partial charge in [0.25, 0.3) is 0 Å². The fourth-order valence-corrected chi connectivity index (χ4v) is 8.60. The Balaban J connectivity index is 1.18. The normalized spacial score (nSPS) is 15.2. The van der Waals surface area contributed by atoms with E-state index in [4.69, 9.17) is 28.4 Å². The van der Waals surface area contributed by atoms with E-state index in [1.54, 1.807) is 0 Å². The van der Waals surface area contributed by atoms with Crippen LogP contribution in [0.5, 0.6) is 34.5 Å². The van der Waals surface area contributed by atoms with Crippen LogP contribution in [0.4, 0.5) is 0 Å². The molecule has 14 aliphatic rings. The molecule has 0 atom stereocenters. The average Bonchev–Trinajstić information content (AvgIpc) is 3.25. The molecule has 0 saturated heterocycles. The van der Waals surface area contributed by atoms with E-state index in [0.717, 1.165) is 77.5 Å². The van der Waals surface area contributed by atoms with Crippen molar-refractivity contribution in [1.82, 2.24) is 0 Å². The third-order valence-electron chi connectivity index (χ3n) is 10.8. The average molecular weight is 752 g/mol. The van der Waals surface area contributed by atoms with E-state index in [-0.39, 0.29) is 20.4 Å². The number of ether oxygens (including phenoxy) is 6. The summed E-state index contributed by atoms with van der Waals surface area (Å²) in [5, 5.41) is 0. The first-order chi connectivity index (χ1) is 25.6. The lowest BCUT2D eigenvalue weighted by Gasteiger charge is -2.18. The molecule has 0 fully saturated rings. The maximum atomic E-state index is 6.36. The topological polar surface area (TPSA) is 55.4 Å². The second-order valence-electron chi connectivity index (χ2n) is 13.9. The summed E-state index contributed by atoms with van der Waals surface area (Å²) < 4.78 is 38.7. The van der Waals surface area contributed by atoms with Crippen LogP contribution in [0.1, 0.15) is 66.8 Å². The van der Waals surface area contributed by atoms with Gasteiger partial charge in [0, 0.05) is 0 Å². The van der Waals surface area contributed by atoms with Gasteiger partial charge < -0.3 is 28.4 Å². The minimum absolute atomic E-state index is 0.0812. The first kappa shape index (κ1) is 31.3. The molecule has 0 radical (unpaired) electrons. The Morgan fingerprint density at radius 1 is 0.308 bits per heavy atom. The van der Waals surface area contributed by atoms with Crippen molar-refractivity contribution in [1.29, 1.82) is 0 Å². The van der Waals surface area contributed by atoms with Gasteiger partial charge in [-0.1, -0.05) is 36.4 Å². The minimum atomic E-state index is 0.0812. The summed E-state index contributed by atoms with van der Waals surface area (Å²) in [4.78, 5) is 0. The standard InChI is InChI=1S/C45H35BrO6/c46-45-43-23-31-5-11-41-21-36(31)16-30-4-9-40-22-37(30)17-32(43)6-12-44(45)52-26-51-42-10-3-29-14-34-19-39(48-25-50-41)7-1-27(34)13-33-18-38(47-24-49-40)8-2-28(33)15-35(29)20-42/h1-12,18-22H,13-17,23-26H2. The van der Waals surface area contributed by atoms with Crippen molar-refractivity contribution in [2.24, 2.45) is 0 Å². The molecule has 0 spiro atoms. The first-order valence-corrected chi connectivity index (χ1v) is 18.5. The molecule has 12 aliphatic heterocycles.